The summed E-state index contributed by atoms with van der Waals surface area (Å²) in [6, 6.07) is 2.65. The summed E-state index contributed by atoms with van der Waals surface area (Å²) in [5.41, 5.74) is 1.00. The fourth-order valence-corrected chi connectivity index (χ4v) is 3.29. The molecule has 1 aromatic rings. The van der Waals surface area contributed by atoms with E-state index in [9.17, 15) is 9.59 Å². The first-order valence-corrected chi connectivity index (χ1v) is 9.10. The van der Waals surface area contributed by atoms with Gasteiger partial charge in [-0.05, 0) is 36.8 Å². The van der Waals surface area contributed by atoms with E-state index < -0.39 is 23.9 Å². The topological polar surface area (TPSA) is 95.1 Å². The van der Waals surface area contributed by atoms with Crippen molar-refractivity contribution in [1.29, 1.82) is 0 Å². The Labute approximate surface area is 173 Å². The predicted molar refractivity (Wildman–Crippen MR) is 106 cm³/mol. The maximum absolute atomic E-state index is 12.3. The third-order valence-corrected chi connectivity index (χ3v) is 4.48. The molecule has 1 saturated heterocycles. The van der Waals surface area contributed by atoms with E-state index >= 15 is 0 Å². The Morgan fingerprint density at radius 2 is 2.04 bits per heavy atom. The lowest BCUT2D eigenvalue weighted by Crippen LogP contribution is -2.50. The number of ether oxygens (including phenoxy) is 4. The number of carbonyl (C=O) groups is 2. The molecule has 1 aliphatic rings. The first-order valence-electron chi connectivity index (χ1n) is 8.32. The van der Waals surface area contributed by atoms with Gasteiger partial charge in [0.25, 0.3) is 0 Å². The van der Waals surface area contributed by atoms with Crippen LogP contribution in [0.4, 0.5) is 0 Å². The summed E-state index contributed by atoms with van der Waals surface area (Å²) in [5, 5.41) is 6.36. The van der Waals surface area contributed by atoms with E-state index in [4.69, 9.17) is 42.8 Å². The Morgan fingerprint density at radius 1 is 1.32 bits per heavy atom. The van der Waals surface area contributed by atoms with E-state index in [0.29, 0.717) is 16.4 Å². The number of hydrogen-bond acceptors (Lipinski definition) is 7. The molecule has 10 heteroatoms. The van der Waals surface area contributed by atoms with Gasteiger partial charge in [0.2, 0.25) is 0 Å². The van der Waals surface area contributed by atoms with E-state index in [0.717, 1.165) is 0 Å². The van der Waals surface area contributed by atoms with E-state index in [1.807, 2.05) is 0 Å². The number of methoxy groups -OCH3 is 2. The summed E-state index contributed by atoms with van der Waals surface area (Å²) < 4.78 is 20.5. The molecule has 152 valence electrons. The smallest absolute Gasteiger partial charge is 0.344 e. The largest absolute Gasteiger partial charge is 0.493 e. The highest BCUT2D eigenvalue weighted by Gasteiger charge is 2.38. The van der Waals surface area contributed by atoms with E-state index in [-0.39, 0.29) is 29.7 Å². The zero-order valence-electron chi connectivity index (χ0n) is 15.7. The van der Waals surface area contributed by atoms with Crippen molar-refractivity contribution < 1.29 is 28.5 Å². The van der Waals surface area contributed by atoms with Crippen LogP contribution in [0.1, 0.15) is 18.5 Å². The van der Waals surface area contributed by atoms with Crippen molar-refractivity contribution in [2.45, 2.75) is 13.0 Å². The molecule has 0 aliphatic carbocycles. The number of esters is 2. The molecule has 0 saturated carbocycles. The summed E-state index contributed by atoms with van der Waals surface area (Å²) in [7, 11) is 2.73. The molecule has 0 bridgehead atoms. The van der Waals surface area contributed by atoms with Gasteiger partial charge in [0.1, 0.15) is 5.92 Å². The van der Waals surface area contributed by atoms with Crippen LogP contribution in [0.25, 0.3) is 0 Å². The standard InChI is InChI=1S/C18H21ClN2O6S/c1-5-26-13(22)8-27-16-11(19)6-10(7-12(16)24-3)15-14(17(23)25-4)9(2)20-18(28)21-15/h6-7,14-15H,2,5,8H2,1,3-4H3,(H2,20,21,28). The maximum Gasteiger partial charge on any atom is 0.344 e. The number of carbonyl (C=O) groups excluding carboxylic acids is 2. The minimum absolute atomic E-state index is 0.186. The summed E-state index contributed by atoms with van der Waals surface area (Å²) in [6.07, 6.45) is 0. The molecule has 0 spiro atoms. The Bertz CT molecular complexity index is 801. The molecule has 0 amide bonds. The molecular weight excluding hydrogens is 408 g/mol. The van der Waals surface area contributed by atoms with Crippen molar-refractivity contribution in [3.63, 3.8) is 0 Å². The molecule has 1 fully saturated rings. The van der Waals surface area contributed by atoms with Crippen LogP contribution in [0.3, 0.4) is 0 Å². The highest BCUT2D eigenvalue weighted by Crippen LogP contribution is 2.40. The van der Waals surface area contributed by atoms with Crippen LogP contribution >= 0.6 is 23.8 Å². The molecule has 28 heavy (non-hydrogen) atoms. The van der Waals surface area contributed by atoms with Crippen molar-refractivity contribution >= 4 is 40.9 Å². The van der Waals surface area contributed by atoms with Crippen molar-refractivity contribution in [3.05, 3.63) is 35.0 Å². The Morgan fingerprint density at radius 3 is 2.64 bits per heavy atom. The first kappa shape index (κ1) is 21.8. The molecule has 2 rings (SSSR count). The van der Waals surface area contributed by atoms with Crippen LogP contribution < -0.4 is 20.1 Å². The third kappa shape index (κ3) is 4.85. The molecular formula is C18H21ClN2O6S. The summed E-state index contributed by atoms with van der Waals surface area (Å²) in [4.78, 5) is 23.8. The van der Waals surface area contributed by atoms with Gasteiger partial charge in [-0.1, -0.05) is 18.2 Å². The zero-order valence-corrected chi connectivity index (χ0v) is 17.2. The second-order valence-electron chi connectivity index (χ2n) is 5.73. The molecule has 1 aromatic carbocycles. The average molecular weight is 429 g/mol. The van der Waals surface area contributed by atoms with Crippen LogP contribution in [0, 0.1) is 5.92 Å². The van der Waals surface area contributed by atoms with Crippen molar-refractivity contribution in [2.75, 3.05) is 27.4 Å². The third-order valence-electron chi connectivity index (χ3n) is 3.98. The molecule has 2 N–H and O–H groups in total. The van der Waals surface area contributed by atoms with Gasteiger partial charge in [-0.25, -0.2) is 4.79 Å². The van der Waals surface area contributed by atoms with Gasteiger partial charge < -0.3 is 29.6 Å². The first-order chi connectivity index (χ1) is 13.3. The van der Waals surface area contributed by atoms with E-state index in [1.54, 1.807) is 19.1 Å². The summed E-state index contributed by atoms with van der Waals surface area (Å²) >= 11 is 11.5. The normalized spacial score (nSPS) is 18.6. The van der Waals surface area contributed by atoms with Gasteiger partial charge in [0.15, 0.2) is 23.2 Å². The Balaban J connectivity index is 2.37. The fraction of sp³-hybridized carbons (Fsp3) is 0.389. The Hall–Kier alpha value is -2.52. The van der Waals surface area contributed by atoms with Gasteiger partial charge in [-0.2, -0.15) is 0 Å². The van der Waals surface area contributed by atoms with Gasteiger partial charge >= 0.3 is 11.9 Å². The van der Waals surface area contributed by atoms with E-state index in [2.05, 4.69) is 17.2 Å². The van der Waals surface area contributed by atoms with Gasteiger partial charge in [0.05, 0.1) is 31.9 Å². The lowest BCUT2D eigenvalue weighted by atomic mass is 9.89. The summed E-state index contributed by atoms with van der Waals surface area (Å²) in [6.45, 7) is 5.48. The number of benzene rings is 1. The van der Waals surface area contributed by atoms with Crippen LogP contribution in [0.15, 0.2) is 24.4 Å². The minimum Gasteiger partial charge on any atom is -0.493 e. The molecule has 8 nitrogen and oxygen atoms in total. The van der Waals surface area contributed by atoms with Crippen molar-refractivity contribution in [3.8, 4) is 11.5 Å². The quantitative estimate of drug-likeness (QED) is 0.500. The van der Waals surface area contributed by atoms with E-state index in [1.165, 1.54) is 14.2 Å². The maximum atomic E-state index is 12.3. The van der Waals surface area contributed by atoms with Crippen LogP contribution in [-0.2, 0) is 19.1 Å². The highest BCUT2D eigenvalue weighted by molar-refractivity contribution is 7.80. The Kier molecular flexibility index (Phi) is 7.47. The molecule has 1 aliphatic heterocycles. The predicted octanol–water partition coefficient (Wildman–Crippen LogP) is 2.11. The van der Waals surface area contributed by atoms with Crippen LogP contribution in [-0.4, -0.2) is 44.5 Å². The second-order valence-corrected chi connectivity index (χ2v) is 6.55. The summed E-state index contributed by atoms with van der Waals surface area (Å²) in [5.74, 6) is -1.30. The number of halogens is 1. The van der Waals surface area contributed by atoms with Crippen molar-refractivity contribution in [2.24, 2.45) is 5.92 Å². The number of thiocarbonyl (C=S) groups is 1. The molecule has 2 atom stereocenters. The van der Waals surface area contributed by atoms with Gasteiger partial charge in [-0.3, -0.25) is 4.79 Å². The monoisotopic (exact) mass is 428 g/mol. The number of hydrogen-bond donors (Lipinski definition) is 2. The van der Waals surface area contributed by atoms with Gasteiger partial charge in [-0.15, -0.1) is 0 Å². The SMILES string of the molecule is C=C1NC(=S)NC(c2cc(Cl)c(OCC(=O)OCC)c(OC)c2)C1C(=O)OC. The average Bonchev–Trinajstić information content (AvgIpc) is 2.65. The minimum atomic E-state index is -0.747. The number of nitrogens with one attached hydrogen (secondary N) is 2. The fourth-order valence-electron chi connectivity index (χ4n) is 2.76. The highest BCUT2D eigenvalue weighted by atomic mass is 35.5. The molecule has 0 radical (unpaired) electrons. The van der Waals surface area contributed by atoms with Crippen LogP contribution in [0.5, 0.6) is 11.5 Å². The number of rotatable bonds is 7. The lowest BCUT2D eigenvalue weighted by Gasteiger charge is -2.34. The van der Waals surface area contributed by atoms with Crippen molar-refractivity contribution in [1.82, 2.24) is 10.6 Å². The van der Waals surface area contributed by atoms with Gasteiger partial charge in [0, 0.05) is 5.70 Å². The molecule has 0 aromatic heterocycles. The second kappa shape index (κ2) is 9.61. The van der Waals surface area contributed by atoms with Crippen LogP contribution in [0.2, 0.25) is 5.02 Å². The lowest BCUT2D eigenvalue weighted by molar-refractivity contribution is -0.146. The zero-order chi connectivity index (χ0) is 20.8. The molecule has 2 unspecified atom stereocenters. The molecule has 1 heterocycles.